The highest BCUT2D eigenvalue weighted by Crippen LogP contribution is 2.56. The van der Waals surface area contributed by atoms with E-state index in [1.54, 1.807) is 0 Å². The van der Waals surface area contributed by atoms with E-state index in [0.29, 0.717) is 11.1 Å². The van der Waals surface area contributed by atoms with E-state index in [1.165, 1.54) is 22.3 Å². The maximum atomic E-state index is 13.4. The summed E-state index contributed by atoms with van der Waals surface area (Å²) in [6.45, 7) is 8.15. The van der Waals surface area contributed by atoms with E-state index in [0.717, 1.165) is 33.6 Å². The number of nitrogens with two attached hydrogens (primary N) is 1. The Labute approximate surface area is 288 Å². The standard InChI is InChI=1S/C45H40N2O2/c1-29(2)44(3,4)42(48)32-17-13-30(14-18-32)31-15-19-33(20-16-31)43(49)47-37-27-23-35(24-28-37)45(34-21-25-36(46)26-22-34)40-11-7-5-9-38(40)39-10-6-8-12-41(39)45/h5-29H,46H2,1-4H3,(H,47,49). The average molecular weight is 641 g/mol. The van der Waals surface area contributed by atoms with Gasteiger partial charge in [-0.15, -0.1) is 0 Å². The van der Waals surface area contributed by atoms with Gasteiger partial charge in [-0.25, -0.2) is 0 Å². The maximum Gasteiger partial charge on any atom is 0.255 e. The fourth-order valence-corrected chi connectivity index (χ4v) is 7.03. The average Bonchev–Trinajstić information content (AvgIpc) is 3.43. The first-order valence-electron chi connectivity index (χ1n) is 16.8. The quantitative estimate of drug-likeness (QED) is 0.128. The zero-order valence-electron chi connectivity index (χ0n) is 28.3. The molecule has 49 heavy (non-hydrogen) atoms. The molecule has 242 valence electrons. The van der Waals surface area contributed by atoms with Crippen molar-refractivity contribution in [2.45, 2.75) is 33.1 Å². The van der Waals surface area contributed by atoms with Crippen LogP contribution >= 0.6 is 0 Å². The number of carbonyl (C=O) groups excluding carboxylic acids is 2. The third kappa shape index (κ3) is 5.44. The van der Waals surface area contributed by atoms with Crippen LogP contribution in [-0.2, 0) is 5.41 Å². The van der Waals surface area contributed by atoms with Crippen molar-refractivity contribution in [1.29, 1.82) is 0 Å². The molecule has 0 fully saturated rings. The van der Waals surface area contributed by atoms with Crippen molar-refractivity contribution in [3.8, 4) is 22.3 Å². The van der Waals surface area contributed by atoms with E-state index in [-0.39, 0.29) is 17.6 Å². The van der Waals surface area contributed by atoms with Crippen molar-refractivity contribution in [3.05, 3.63) is 179 Å². The SMILES string of the molecule is CC(C)C(C)(C)C(=O)c1ccc(-c2ccc(C(=O)Nc3ccc(C4(c5ccc(N)cc5)c5ccccc5-c5ccccc54)cc3)cc2)cc1. The minimum atomic E-state index is -0.532. The number of amides is 1. The third-order valence-electron chi connectivity index (χ3n) is 10.5. The number of nitrogen functional groups attached to an aromatic ring is 1. The van der Waals surface area contributed by atoms with E-state index < -0.39 is 10.8 Å². The molecule has 0 aromatic heterocycles. The molecule has 1 aliphatic carbocycles. The second-order valence-electron chi connectivity index (χ2n) is 13.9. The van der Waals surface area contributed by atoms with Crippen molar-refractivity contribution < 1.29 is 9.59 Å². The van der Waals surface area contributed by atoms with Gasteiger partial charge in [0.05, 0.1) is 5.41 Å². The lowest BCUT2D eigenvalue weighted by Gasteiger charge is -2.34. The van der Waals surface area contributed by atoms with Crippen LogP contribution in [0.1, 0.15) is 70.7 Å². The predicted octanol–water partition coefficient (Wildman–Crippen LogP) is 10.4. The highest BCUT2D eigenvalue weighted by atomic mass is 16.1. The molecule has 0 atom stereocenters. The molecule has 4 nitrogen and oxygen atoms in total. The third-order valence-corrected chi connectivity index (χ3v) is 10.5. The molecule has 0 aliphatic heterocycles. The zero-order valence-corrected chi connectivity index (χ0v) is 28.3. The van der Waals surface area contributed by atoms with Crippen LogP contribution in [0.5, 0.6) is 0 Å². The molecule has 6 aromatic carbocycles. The summed E-state index contributed by atoms with van der Waals surface area (Å²) < 4.78 is 0. The molecule has 4 heteroatoms. The minimum Gasteiger partial charge on any atom is -0.399 e. The minimum absolute atomic E-state index is 0.146. The first kappa shape index (κ1) is 31.8. The summed E-state index contributed by atoms with van der Waals surface area (Å²) in [6.07, 6.45) is 0. The first-order chi connectivity index (χ1) is 23.6. The molecule has 3 N–H and O–H groups in total. The van der Waals surface area contributed by atoms with Crippen LogP contribution in [0, 0.1) is 11.3 Å². The van der Waals surface area contributed by atoms with Gasteiger partial charge in [0.25, 0.3) is 5.91 Å². The van der Waals surface area contributed by atoms with Gasteiger partial charge >= 0.3 is 0 Å². The Hall–Kier alpha value is -5.74. The molecule has 6 aromatic rings. The molecule has 0 heterocycles. The molecular formula is C45H40N2O2. The molecule has 0 saturated carbocycles. The van der Waals surface area contributed by atoms with Crippen molar-refractivity contribution >= 4 is 23.1 Å². The molecule has 0 radical (unpaired) electrons. The van der Waals surface area contributed by atoms with E-state index in [1.807, 2.05) is 86.6 Å². The number of ketones is 1. The lowest BCUT2D eigenvalue weighted by atomic mass is 9.67. The summed E-state index contributed by atoms with van der Waals surface area (Å²) in [5, 5.41) is 3.08. The number of benzene rings is 6. The highest BCUT2D eigenvalue weighted by Gasteiger charge is 2.45. The Bertz CT molecular complexity index is 2110. The Kier molecular flexibility index (Phi) is 8.04. The van der Waals surface area contributed by atoms with E-state index in [9.17, 15) is 9.59 Å². The largest absolute Gasteiger partial charge is 0.399 e. The summed E-state index contributed by atoms with van der Waals surface area (Å²) in [6, 6.07) is 48.8. The number of hydrogen-bond donors (Lipinski definition) is 2. The van der Waals surface area contributed by atoms with Crippen LogP contribution in [0.25, 0.3) is 22.3 Å². The number of rotatable bonds is 8. The van der Waals surface area contributed by atoms with Crippen LogP contribution in [-0.4, -0.2) is 11.7 Å². The number of carbonyl (C=O) groups is 2. The van der Waals surface area contributed by atoms with Crippen molar-refractivity contribution in [1.82, 2.24) is 0 Å². The van der Waals surface area contributed by atoms with E-state index in [2.05, 4.69) is 92.0 Å². The van der Waals surface area contributed by atoms with Gasteiger partial charge in [0, 0.05) is 27.9 Å². The van der Waals surface area contributed by atoms with Gasteiger partial charge in [-0.3, -0.25) is 9.59 Å². The van der Waals surface area contributed by atoms with Gasteiger partial charge in [-0.1, -0.05) is 137 Å². The normalized spacial score (nSPS) is 13.1. The van der Waals surface area contributed by atoms with Gasteiger partial charge in [0.2, 0.25) is 0 Å². The van der Waals surface area contributed by atoms with Crippen LogP contribution in [0.3, 0.4) is 0 Å². The molecule has 0 unspecified atom stereocenters. The Morgan fingerprint density at radius 1 is 0.592 bits per heavy atom. The number of hydrogen-bond acceptors (Lipinski definition) is 3. The molecule has 7 rings (SSSR count). The highest BCUT2D eigenvalue weighted by molar-refractivity contribution is 6.04. The first-order valence-corrected chi connectivity index (χ1v) is 16.8. The van der Waals surface area contributed by atoms with Gasteiger partial charge in [0.1, 0.15) is 0 Å². The van der Waals surface area contributed by atoms with E-state index in [4.69, 9.17) is 5.73 Å². The predicted molar refractivity (Wildman–Crippen MR) is 201 cm³/mol. The summed E-state index contributed by atoms with van der Waals surface area (Å²) in [5.74, 6) is 0.207. The van der Waals surface area contributed by atoms with Gasteiger partial charge < -0.3 is 11.1 Å². The van der Waals surface area contributed by atoms with E-state index >= 15 is 0 Å². The zero-order chi connectivity index (χ0) is 34.3. The van der Waals surface area contributed by atoms with Crippen molar-refractivity contribution in [2.75, 3.05) is 11.1 Å². The monoisotopic (exact) mass is 640 g/mol. The Morgan fingerprint density at radius 3 is 1.53 bits per heavy atom. The fourth-order valence-electron chi connectivity index (χ4n) is 7.03. The lowest BCUT2D eigenvalue weighted by molar-refractivity contribution is 0.0772. The smallest absolute Gasteiger partial charge is 0.255 e. The van der Waals surface area contributed by atoms with Gasteiger partial charge in [-0.2, -0.15) is 0 Å². The van der Waals surface area contributed by atoms with Crippen LogP contribution in [0.15, 0.2) is 146 Å². The summed E-state index contributed by atoms with van der Waals surface area (Å²) in [4.78, 5) is 26.4. The molecule has 1 aliphatic rings. The Balaban J connectivity index is 1.14. The molecule has 0 bridgehead atoms. The molecule has 0 saturated heterocycles. The fraction of sp³-hybridized carbons (Fsp3) is 0.156. The van der Waals surface area contributed by atoms with Gasteiger partial charge in [0.15, 0.2) is 5.78 Å². The number of fused-ring (bicyclic) bond motifs is 3. The molecule has 1 amide bonds. The van der Waals surface area contributed by atoms with Crippen molar-refractivity contribution in [3.63, 3.8) is 0 Å². The Morgan fingerprint density at radius 2 is 1.04 bits per heavy atom. The van der Waals surface area contributed by atoms with Gasteiger partial charge in [-0.05, 0) is 86.8 Å². The summed E-state index contributed by atoms with van der Waals surface area (Å²) in [5.41, 5.74) is 17.0. The lowest BCUT2D eigenvalue weighted by Crippen LogP contribution is -2.29. The maximum absolute atomic E-state index is 13.4. The number of anilines is 2. The molecular weight excluding hydrogens is 601 g/mol. The van der Waals surface area contributed by atoms with Crippen LogP contribution in [0.2, 0.25) is 0 Å². The molecule has 0 spiro atoms. The van der Waals surface area contributed by atoms with Crippen LogP contribution in [0.4, 0.5) is 11.4 Å². The summed E-state index contributed by atoms with van der Waals surface area (Å²) in [7, 11) is 0. The second kappa shape index (κ2) is 12.4. The topological polar surface area (TPSA) is 72.2 Å². The van der Waals surface area contributed by atoms with Crippen LogP contribution < -0.4 is 11.1 Å². The van der Waals surface area contributed by atoms with Crippen molar-refractivity contribution in [2.24, 2.45) is 11.3 Å². The number of nitrogens with one attached hydrogen (secondary N) is 1. The number of Topliss-reactive ketones (excluding diaryl/α,β-unsaturated/α-hetero) is 1. The summed E-state index contributed by atoms with van der Waals surface area (Å²) >= 11 is 0. The second-order valence-corrected chi connectivity index (χ2v) is 13.9.